The minimum Gasteiger partial charge on any atom is -0.296 e. The molecular weight excluding hydrogens is 452 g/mol. The zero-order valence-electron chi connectivity index (χ0n) is 18.2. The number of piperazine rings is 1. The molecular formula is C25H26N4O2S2. The topological polar surface area (TPSA) is 58.4 Å². The highest BCUT2D eigenvalue weighted by Gasteiger charge is 2.33. The summed E-state index contributed by atoms with van der Waals surface area (Å²) in [6.07, 6.45) is 1.69. The smallest absolute Gasteiger partial charge is 0.246 e. The monoisotopic (exact) mass is 478 g/mol. The molecule has 0 spiro atoms. The fourth-order valence-electron chi connectivity index (χ4n) is 4.14. The second-order valence-electron chi connectivity index (χ2n) is 8.17. The van der Waals surface area contributed by atoms with Gasteiger partial charge in [0.2, 0.25) is 10.0 Å². The van der Waals surface area contributed by atoms with Crippen LogP contribution in [0.2, 0.25) is 0 Å². The van der Waals surface area contributed by atoms with E-state index in [1.54, 1.807) is 15.2 Å². The molecule has 1 fully saturated rings. The average Bonchev–Trinajstić information content (AvgIpc) is 3.51. The summed E-state index contributed by atoms with van der Waals surface area (Å²) in [5.74, 6) is 0. The number of thiophene rings is 1. The molecule has 5 rings (SSSR count). The lowest BCUT2D eigenvalue weighted by atomic mass is 10.2. The van der Waals surface area contributed by atoms with Crippen LogP contribution in [0.4, 0.5) is 0 Å². The first-order chi connectivity index (χ1) is 16.1. The van der Waals surface area contributed by atoms with Crippen LogP contribution in [0.25, 0.3) is 10.6 Å². The van der Waals surface area contributed by atoms with Crippen molar-refractivity contribution in [2.45, 2.75) is 18.0 Å². The summed E-state index contributed by atoms with van der Waals surface area (Å²) in [7, 11) is -3.66. The molecule has 0 atom stereocenters. The number of nitrogens with zero attached hydrogens (tertiary/aromatic N) is 4. The Balaban J connectivity index is 1.37. The summed E-state index contributed by atoms with van der Waals surface area (Å²) in [6, 6.07) is 24.1. The zero-order chi connectivity index (χ0) is 22.7. The molecule has 33 heavy (non-hydrogen) atoms. The Morgan fingerprint density at radius 2 is 1.42 bits per heavy atom. The summed E-state index contributed by atoms with van der Waals surface area (Å²) in [6.45, 7) is 3.73. The van der Waals surface area contributed by atoms with E-state index in [1.165, 1.54) is 16.9 Å². The molecule has 0 radical (unpaired) electrons. The van der Waals surface area contributed by atoms with Crippen LogP contribution >= 0.6 is 11.3 Å². The lowest BCUT2D eigenvalue weighted by Gasteiger charge is -2.33. The van der Waals surface area contributed by atoms with Crippen molar-refractivity contribution >= 4 is 21.4 Å². The van der Waals surface area contributed by atoms with Gasteiger partial charge in [-0.1, -0.05) is 66.7 Å². The van der Waals surface area contributed by atoms with Crippen LogP contribution in [0.5, 0.6) is 0 Å². The minimum absolute atomic E-state index is 0.289. The average molecular weight is 479 g/mol. The van der Waals surface area contributed by atoms with Crippen molar-refractivity contribution in [1.82, 2.24) is 19.0 Å². The highest BCUT2D eigenvalue weighted by atomic mass is 32.2. The van der Waals surface area contributed by atoms with Crippen molar-refractivity contribution in [1.29, 1.82) is 0 Å². The molecule has 0 aliphatic carbocycles. The van der Waals surface area contributed by atoms with Crippen LogP contribution in [0.15, 0.2) is 89.3 Å². The quantitative estimate of drug-likeness (QED) is 0.400. The number of benzene rings is 2. The molecule has 0 saturated carbocycles. The highest BCUT2D eigenvalue weighted by Crippen LogP contribution is 2.32. The number of aromatic nitrogens is 2. The van der Waals surface area contributed by atoms with Gasteiger partial charge in [-0.3, -0.25) is 9.58 Å². The second-order valence-corrected chi connectivity index (χ2v) is 11.0. The number of hydrogen-bond donors (Lipinski definition) is 0. The lowest BCUT2D eigenvalue weighted by molar-refractivity contribution is 0.181. The van der Waals surface area contributed by atoms with Gasteiger partial charge < -0.3 is 0 Å². The summed E-state index contributed by atoms with van der Waals surface area (Å²) < 4.78 is 30.7. The molecule has 0 N–H and O–H groups in total. The number of rotatable bonds is 7. The highest BCUT2D eigenvalue weighted by molar-refractivity contribution is 7.89. The Labute approximate surface area is 198 Å². The molecule has 1 aliphatic heterocycles. The first-order valence-electron chi connectivity index (χ1n) is 11.0. The maximum absolute atomic E-state index is 13.7. The fourth-order valence-corrected chi connectivity index (χ4v) is 6.50. The molecule has 170 valence electrons. The van der Waals surface area contributed by atoms with Gasteiger partial charge in [0, 0.05) is 38.9 Å². The number of sulfonamides is 1. The predicted molar refractivity (Wildman–Crippen MR) is 132 cm³/mol. The summed E-state index contributed by atoms with van der Waals surface area (Å²) in [5.41, 5.74) is 2.86. The van der Waals surface area contributed by atoms with Crippen molar-refractivity contribution < 1.29 is 8.42 Å². The summed E-state index contributed by atoms with van der Waals surface area (Å²) in [5, 5.41) is 6.64. The normalized spacial score (nSPS) is 15.6. The van der Waals surface area contributed by atoms with E-state index >= 15 is 0 Å². The third kappa shape index (κ3) is 4.94. The molecule has 0 amide bonds. The van der Waals surface area contributed by atoms with Gasteiger partial charge in [-0.25, -0.2) is 8.42 Å². The van der Waals surface area contributed by atoms with Crippen LogP contribution in [-0.2, 0) is 23.1 Å². The van der Waals surface area contributed by atoms with Crippen molar-refractivity contribution in [3.8, 4) is 10.6 Å². The van der Waals surface area contributed by atoms with Gasteiger partial charge in [-0.05, 0) is 22.6 Å². The molecule has 0 bridgehead atoms. The maximum atomic E-state index is 13.7. The molecule has 3 heterocycles. The molecule has 1 aliphatic rings. The van der Waals surface area contributed by atoms with Gasteiger partial charge in [-0.15, -0.1) is 11.3 Å². The zero-order valence-corrected chi connectivity index (χ0v) is 19.9. The lowest BCUT2D eigenvalue weighted by Crippen LogP contribution is -2.48. The standard InChI is InChI=1S/C25H26N4O2S2/c30-33(31,29-15-13-27(14-16-29)18-21-8-3-1-4-9-21)24-20-28(19-22-10-5-2-6-11-22)26-25(24)23-12-7-17-32-23/h1-12,17,20H,13-16,18-19H2. The summed E-state index contributed by atoms with van der Waals surface area (Å²) >= 11 is 1.51. The Hall–Kier alpha value is -2.78. The largest absolute Gasteiger partial charge is 0.296 e. The van der Waals surface area contributed by atoms with Crippen molar-refractivity contribution in [3.63, 3.8) is 0 Å². The predicted octanol–water partition coefficient (Wildman–Crippen LogP) is 4.17. The van der Waals surface area contributed by atoms with Gasteiger partial charge in [-0.2, -0.15) is 9.40 Å². The van der Waals surface area contributed by atoms with Gasteiger partial charge >= 0.3 is 0 Å². The third-order valence-corrected chi connectivity index (χ3v) is 8.64. The Morgan fingerprint density at radius 3 is 2.03 bits per heavy atom. The minimum atomic E-state index is -3.66. The Kier molecular flexibility index (Phi) is 6.41. The van der Waals surface area contributed by atoms with Crippen LogP contribution < -0.4 is 0 Å². The van der Waals surface area contributed by atoms with Gasteiger partial charge in [0.1, 0.15) is 10.6 Å². The van der Waals surface area contributed by atoms with E-state index in [0.29, 0.717) is 38.4 Å². The van der Waals surface area contributed by atoms with E-state index in [9.17, 15) is 8.42 Å². The van der Waals surface area contributed by atoms with E-state index in [4.69, 9.17) is 5.10 Å². The third-order valence-electron chi connectivity index (χ3n) is 5.87. The van der Waals surface area contributed by atoms with Crippen LogP contribution in [0.1, 0.15) is 11.1 Å². The SMILES string of the molecule is O=S(=O)(c1cn(Cc2ccccc2)nc1-c1cccs1)N1CCN(Cc2ccccc2)CC1. The molecule has 6 nitrogen and oxygen atoms in total. The molecule has 4 aromatic rings. The molecule has 1 saturated heterocycles. The van der Waals surface area contributed by atoms with E-state index in [-0.39, 0.29) is 4.90 Å². The van der Waals surface area contributed by atoms with Gasteiger partial charge in [0.05, 0.1) is 11.4 Å². The van der Waals surface area contributed by atoms with Crippen LogP contribution in [-0.4, -0.2) is 53.6 Å². The van der Waals surface area contributed by atoms with E-state index in [2.05, 4.69) is 17.0 Å². The molecule has 2 aromatic heterocycles. The first kappa shape index (κ1) is 22.0. The van der Waals surface area contributed by atoms with Crippen LogP contribution in [0.3, 0.4) is 0 Å². The van der Waals surface area contributed by atoms with Crippen molar-refractivity contribution in [2.24, 2.45) is 0 Å². The van der Waals surface area contributed by atoms with Crippen molar-refractivity contribution in [2.75, 3.05) is 26.2 Å². The fraction of sp³-hybridized carbons (Fsp3) is 0.240. The van der Waals surface area contributed by atoms with Gasteiger partial charge in [0.25, 0.3) is 0 Å². The Morgan fingerprint density at radius 1 is 0.788 bits per heavy atom. The number of hydrogen-bond acceptors (Lipinski definition) is 5. The van der Waals surface area contributed by atoms with E-state index in [1.807, 2.05) is 66.0 Å². The molecule has 8 heteroatoms. The molecule has 0 unspecified atom stereocenters. The maximum Gasteiger partial charge on any atom is 0.246 e. The Bertz CT molecular complexity index is 1280. The van der Waals surface area contributed by atoms with Crippen LogP contribution in [0, 0.1) is 0 Å². The summed E-state index contributed by atoms with van der Waals surface area (Å²) in [4.78, 5) is 3.46. The van der Waals surface area contributed by atoms with E-state index < -0.39 is 10.0 Å². The van der Waals surface area contributed by atoms with Crippen molar-refractivity contribution in [3.05, 3.63) is 95.5 Å². The van der Waals surface area contributed by atoms with Gasteiger partial charge in [0.15, 0.2) is 0 Å². The second kappa shape index (κ2) is 9.61. The molecule has 2 aromatic carbocycles. The van der Waals surface area contributed by atoms with E-state index in [0.717, 1.165) is 17.0 Å². The first-order valence-corrected chi connectivity index (χ1v) is 13.3.